The molecule has 1 nitrogen and oxygen atoms in total. The third-order valence-electron chi connectivity index (χ3n) is 1.29. The van der Waals surface area contributed by atoms with E-state index in [1.807, 2.05) is 6.08 Å². The van der Waals surface area contributed by atoms with Crippen LogP contribution in [0, 0.1) is 0 Å². The van der Waals surface area contributed by atoms with Gasteiger partial charge in [0.1, 0.15) is 0 Å². The van der Waals surface area contributed by atoms with Gasteiger partial charge in [-0.1, -0.05) is 18.2 Å². The second kappa shape index (κ2) is 2.68. The van der Waals surface area contributed by atoms with Crippen molar-refractivity contribution in [1.29, 1.82) is 0 Å². The summed E-state index contributed by atoms with van der Waals surface area (Å²) in [5.41, 5.74) is 0. The summed E-state index contributed by atoms with van der Waals surface area (Å²) >= 11 is 0. The van der Waals surface area contributed by atoms with Gasteiger partial charge in [0, 0.05) is 12.6 Å². The first kappa shape index (κ1) is 5.57. The summed E-state index contributed by atoms with van der Waals surface area (Å²) in [4.78, 5) is 0. The zero-order valence-electron chi connectivity index (χ0n) is 4.93. The molecule has 0 bridgehead atoms. The molecular formula is C7H11N. The Bertz CT molecular complexity index is 105. The Labute approximate surface area is 50.1 Å². The van der Waals surface area contributed by atoms with Crippen LogP contribution in [0.15, 0.2) is 24.8 Å². The molecule has 0 amide bonds. The van der Waals surface area contributed by atoms with Crippen molar-refractivity contribution < 1.29 is 0 Å². The van der Waals surface area contributed by atoms with Crippen molar-refractivity contribution in [3.8, 4) is 0 Å². The number of hydrogen-bond donors (Lipinski definition) is 1. The largest absolute Gasteiger partial charge is 0.307 e. The molecule has 0 aromatic heterocycles. The lowest BCUT2D eigenvalue weighted by Crippen LogP contribution is -2.20. The van der Waals surface area contributed by atoms with Crippen molar-refractivity contribution in [1.82, 2.24) is 5.32 Å². The van der Waals surface area contributed by atoms with Crippen LogP contribution in [0.1, 0.15) is 6.42 Å². The Morgan fingerprint density at radius 1 is 1.88 bits per heavy atom. The van der Waals surface area contributed by atoms with Gasteiger partial charge in [-0.2, -0.15) is 0 Å². The number of rotatable bonds is 2. The Morgan fingerprint density at radius 2 is 2.75 bits per heavy atom. The predicted octanol–water partition coefficient (Wildman–Crippen LogP) is 1.09. The summed E-state index contributed by atoms with van der Waals surface area (Å²) in [7, 11) is 0. The van der Waals surface area contributed by atoms with E-state index >= 15 is 0 Å². The molecule has 1 heteroatoms. The molecule has 0 saturated carbocycles. The van der Waals surface area contributed by atoms with E-state index in [1.54, 1.807) is 0 Å². The van der Waals surface area contributed by atoms with E-state index in [0.29, 0.717) is 6.04 Å². The maximum atomic E-state index is 3.65. The Hall–Kier alpha value is -0.560. The molecule has 1 rings (SSSR count). The minimum Gasteiger partial charge on any atom is -0.307 e. The van der Waals surface area contributed by atoms with E-state index in [4.69, 9.17) is 0 Å². The summed E-state index contributed by atoms with van der Waals surface area (Å²) in [6.45, 7) is 4.68. The third kappa shape index (κ3) is 1.20. The van der Waals surface area contributed by atoms with Crippen LogP contribution in [-0.4, -0.2) is 12.6 Å². The second-order valence-electron chi connectivity index (χ2n) is 1.97. The van der Waals surface area contributed by atoms with Crippen LogP contribution in [0.2, 0.25) is 0 Å². The Morgan fingerprint density at radius 3 is 3.25 bits per heavy atom. The number of nitrogens with one attached hydrogen (secondary N) is 1. The standard InChI is InChI=1S/C7H11N/c1-2-4-7-5-3-6-8-7/h2-3,5,7-8H,1,4,6H2. The summed E-state index contributed by atoms with van der Waals surface area (Å²) in [5.74, 6) is 0. The normalized spacial score (nSPS) is 26.2. The van der Waals surface area contributed by atoms with Gasteiger partial charge < -0.3 is 5.32 Å². The van der Waals surface area contributed by atoms with Gasteiger partial charge in [-0.3, -0.25) is 0 Å². The Kier molecular flexibility index (Phi) is 1.86. The molecular weight excluding hydrogens is 98.1 g/mol. The van der Waals surface area contributed by atoms with E-state index in [9.17, 15) is 0 Å². The van der Waals surface area contributed by atoms with Gasteiger partial charge in [0.2, 0.25) is 0 Å². The highest BCUT2D eigenvalue weighted by Gasteiger charge is 2.03. The molecule has 1 aliphatic rings. The van der Waals surface area contributed by atoms with Crippen LogP contribution >= 0.6 is 0 Å². The van der Waals surface area contributed by atoms with Gasteiger partial charge in [-0.15, -0.1) is 6.58 Å². The SMILES string of the molecule is C=CCC1C=CCN1. The minimum absolute atomic E-state index is 0.562. The quantitative estimate of drug-likeness (QED) is 0.523. The molecule has 0 aromatic rings. The number of hydrogen-bond acceptors (Lipinski definition) is 1. The fourth-order valence-corrected chi connectivity index (χ4v) is 0.861. The minimum atomic E-state index is 0.562. The van der Waals surface area contributed by atoms with Gasteiger partial charge in [-0.25, -0.2) is 0 Å². The molecule has 1 heterocycles. The van der Waals surface area contributed by atoms with Crippen molar-refractivity contribution in [2.75, 3.05) is 6.54 Å². The lowest BCUT2D eigenvalue weighted by atomic mass is 10.2. The van der Waals surface area contributed by atoms with Crippen LogP contribution in [0.5, 0.6) is 0 Å². The molecule has 0 aromatic carbocycles. The molecule has 0 spiro atoms. The smallest absolute Gasteiger partial charge is 0.0287 e. The third-order valence-corrected chi connectivity index (χ3v) is 1.29. The van der Waals surface area contributed by atoms with Crippen molar-refractivity contribution in [3.63, 3.8) is 0 Å². The molecule has 1 atom stereocenters. The maximum absolute atomic E-state index is 3.65. The fourth-order valence-electron chi connectivity index (χ4n) is 0.861. The lowest BCUT2D eigenvalue weighted by Gasteiger charge is -2.02. The van der Waals surface area contributed by atoms with Crippen molar-refractivity contribution in [2.24, 2.45) is 0 Å². The van der Waals surface area contributed by atoms with Crippen molar-refractivity contribution in [2.45, 2.75) is 12.5 Å². The summed E-state index contributed by atoms with van der Waals surface area (Å²) < 4.78 is 0. The first-order chi connectivity index (χ1) is 3.93. The van der Waals surface area contributed by atoms with Gasteiger partial charge in [-0.05, 0) is 6.42 Å². The topological polar surface area (TPSA) is 12.0 Å². The molecule has 0 aliphatic carbocycles. The van der Waals surface area contributed by atoms with E-state index in [1.165, 1.54) is 0 Å². The molecule has 0 fully saturated rings. The molecule has 1 aliphatic heterocycles. The zero-order chi connectivity index (χ0) is 5.82. The van der Waals surface area contributed by atoms with Gasteiger partial charge in [0.05, 0.1) is 0 Å². The highest BCUT2D eigenvalue weighted by molar-refractivity contribution is 5.03. The molecule has 8 heavy (non-hydrogen) atoms. The molecule has 1 N–H and O–H groups in total. The molecule has 44 valence electrons. The van der Waals surface area contributed by atoms with Crippen LogP contribution in [-0.2, 0) is 0 Å². The van der Waals surface area contributed by atoms with Crippen molar-refractivity contribution in [3.05, 3.63) is 24.8 Å². The fraction of sp³-hybridized carbons (Fsp3) is 0.429. The van der Waals surface area contributed by atoms with Crippen LogP contribution in [0.4, 0.5) is 0 Å². The van der Waals surface area contributed by atoms with E-state index in [2.05, 4.69) is 24.0 Å². The Balaban J connectivity index is 2.25. The first-order valence-electron chi connectivity index (χ1n) is 2.94. The summed E-state index contributed by atoms with van der Waals surface area (Å²) in [5, 5.41) is 3.28. The molecule has 0 saturated heterocycles. The summed E-state index contributed by atoms with van der Waals surface area (Å²) in [6.07, 6.45) is 7.32. The van der Waals surface area contributed by atoms with E-state index in [0.717, 1.165) is 13.0 Å². The van der Waals surface area contributed by atoms with Gasteiger partial charge in [0.15, 0.2) is 0 Å². The van der Waals surface area contributed by atoms with Gasteiger partial charge >= 0.3 is 0 Å². The highest BCUT2D eigenvalue weighted by atomic mass is 14.9. The second-order valence-corrected chi connectivity index (χ2v) is 1.97. The van der Waals surface area contributed by atoms with Crippen LogP contribution < -0.4 is 5.32 Å². The van der Waals surface area contributed by atoms with Crippen molar-refractivity contribution >= 4 is 0 Å². The lowest BCUT2D eigenvalue weighted by molar-refractivity contribution is 0.678. The van der Waals surface area contributed by atoms with E-state index in [-0.39, 0.29) is 0 Å². The molecule has 0 radical (unpaired) electrons. The van der Waals surface area contributed by atoms with Crippen LogP contribution in [0.25, 0.3) is 0 Å². The summed E-state index contributed by atoms with van der Waals surface area (Å²) in [6, 6.07) is 0.562. The first-order valence-corrected chi connectivity index (χ1v) is 2.94. The molecule has 1 unspecified atom stereocenters. The average Bonchev–Trinajstić information content (AvgIpc) is 2.19. The monoisotopic (exact) mass is 109 g/mol. The predicted molar refractivity (Wildman–Crippen MR) is 35.7 cm³/mol. The van der Waals surface area contributed by atoms with E-state index < -0.39 is 0 Å². The maximum Gasteiger partial charge on any atom is 0.0287 e. The van der Waals surface area contributed by atoms with Gasteiger partial charge in [0.25, 0.3) is 0 Å². The highest BCUT2D eigenvalue weighted by Crippen LogP contribution is 1.98. The zero-order valence-corrected chi connectivity index (χ0v) is 4.93. The van der Waals surface area contributed by atoms with Crippen LogP contribution in [0.3, 0.4) is 0 Å². The average molecular weight is 109 g/mol.